The molecular weight excluding hydrogens is 353 g/mol. The second-order valence-electron chi connectivity index (χ2n) is 8.50. The van der Waals surface area contributed by atoms with Crippen LogP contribution in [0.2, 0.25) is 0 Å². The molecule has 1 saturated heterocycles. The molecule has 1 aliphatic heterocycles. The molecular formula is C23H30FN3O. The van der Waals surface area contributed by atoms with Gasteiger partial charge >= 0.3 is 0 Å². The smallest absolute Gasteiger partial charge is 0.144 e. The lowest BCUT2D eigenvalue weighted by atomic mass is 9.68. The first-order valence-corrected chi connectivity index (χ1v) is 10.5. The molecule has 0 radical (unpaired) electrons. The van der Waals surface area contributed by atoms with Gasteiger partial charge in [0, 0.05) is 36.7 Å². The number of rotatable bonds is 6. The van der Waals surface area contributed by atoms with E-state index in [1.165, 1.54) is 31.4 Å². The molecule has 1 aliphatic carbocycles. The molecule has 1 N–H and O–H groups in total. The summed E-state index contributed by atoms with van der Waals surface area (Å²) in [5, 5.41) is 3.49. The number of nitrogens with one attached hydrogen (secondary N) is 1. The number of halogens is 1. The zero-order valence-electron chi connectivity index (χ0n) is 16.7. The third kappa shape index (κ3) is 4.11. The molecule has 0 unspecified atom stereocenters. The molecule has 0 aromatic carbocycles. The summed E-state index contributed by atoms with van der Waals surface area (Å²) in [5.41, 5.74) is 2.61. The van der Waals surface area contributed by atoms with Crippen LogP contribution in [-0.2, 0) is 16.7 Å². The summed E-state index contributed by atoms with van der Waals surface area (Å²) >= 11 is 0. The fraction of sp³-hybridized carbons (Fsp3) is 0.565. The Morgan fingerprint density at radius 2 is 2.04 bits per heavy atom. The molecule has 5 heteroatoms. The molecule has 1 atom stereocenters. The van der Waals surface area contributed by atoms with E-state index in [-0.39, 0.29) is 16.8 Å². The van der Waals surface area contributed by atoms with Gasteiger partial charge in [-0.2, -0.15) is 0 Å². The number of aryl methyl sites for hydroxylation is 1. The van der Waals surface area contributed by atoms with Gasteiger partial charge in [0.15, 0.2) is 0 Å². The molecule has 150 valence electrons. The Morgan fingerprint density at radius 1 is 1.18 bits per heavy atom. The van der Waals surface area contributed by atoms with Crippen LogP contribution in [0.4, 0.5) is 4.39 Å². The molecule has 3 heterocycles. The molecule has 2 aromatic rings. The van der Waals surface area contributed by atoms with Crippen LogP contribution >= 0.6 is 0 Å². The van der Waals surface area contributed by atoms with Gasteiger partial charge in [-0.15, -0.1) is 0 Å². The molecule has 4 rings (SSSR count). The van der Waals surface area contributed by atoms with Gasteiger partial charge in [0.05, 0.1) is 11.3 Å². The van der Waals surface area contributed by atoms with Crippen LogP contribution in [0.3, 0.4) is 0 Å². The van der Waals surface area contributed by atoms with Crippen molar-refractivity contribution >= 4 is 0 Å². The van der Waals surface area contributed by atoms with E-state index in [1.807, 2.05) is 12.3 Å². The van der Waals surface area contributed by atoms with Crippen molar-refractivity contribution in [2.45, 2.75) is 69.4 Å². The average molecular weight is 384 g/mol. The van der Waals surface area contributed by atoms with Crippen LogP contribution in [0, 0.1) is 12.7 Å². The minimum Gasteiger partial charge on any atom is -0.375 e. The normalized spacial score (nSPS) is 23.9. The molecule has 28 heavy (non-hydrogen) atoms. The minimum absolute atomic E-state index is 0.0414. The van der Waals surface area contributed by atoms with E-state index >= 15 is 0 Å². The lowest BCUT2D eigenvalue weighted by molar-refractivity contribution is -0.104. The summed E-state index contributed by atoms with van der Waals surface area (Å²) in [6, 6.07) is 7.83. The monoisotopic (exact) mass is 383 g/mol. The third-order valence-corrected chi connectivity index (χ3v) is 6.56. The van der Waals surface area contributed by atoms with E-state index in [0.29, 0.717) is 12.2 Å². The quantitative estimate of drug-likeness (QED) is 0.748. The van der Waals surface area contributed by atoms with E-state index in [1.54, 1.807) is 19.2 Å². The third-order valence-electron chi connectivity index (χ3n) is 6.56. The van der Waals surface area contributed by atoms with E-state index in [0.717, 1.165) is 38.0 Å². The maximum Gasteiger partial charge on any atom is 0.144 e. The maximum absolute atomic E-state index is 13.7. The average Bonchev–Trinajstić information content (AvgIpc) is 3.16. The largest absolute Gasteiger partial charge is 0.375 e. The van der Waals surface area contributed by atoms with Crippen molar-refractivity contribution in [1.29, 1.82) is 0 Å². The highest BCUT2D eigenvalue weighted by atomic mass is 19.1. The summed E-state index contributed by atoms with van der Waals surface area (Å²) in [6.07, 6.45) is 11.6. The topological polar surface area (TPSA) is 47.0 Å². The van der Waals surface area contributed by atoms with Crippen LogP contribution < -0.4 is 5.32 Å². The van der Waals surface area contributed by atoms with Crippen molar-refractivity contribution < 1.29 is 9.13 Å². The lowest BCUT2D eigenvalue weighted by Crippen LogP contribution is -2.47. The van der Waals surface area contributed by atoms with Crippen LogP contribution in [0.1, 0.15) is 61.9 Å². The molecule has 4 nitrogen and oxygen atoms in total. The van der Waals surface area contributed by atoms with Crippen molar-refractivity contribution in [1.82, 2.24) is 15.3 Å². The van der Waals surface area contributed by atoms with E-state index < -0.39 is 0 Å². The number of ether oxygens (including phenoxy) is 1. The van der Waals surface area contributed by atoms with Gasteiger partial charge in [0.2, 0.25) is 0 Å². The molecule has 2 aromatic heterocycles. The molecule has 0 amide bonds. The summed E-state index contributed by atoms with van der Waals surface area (Å²) in [6.45, 7) is 3.99. The number of nitrogens with zero attached hydrogens (tertiary/aromatic N) is 2. The molecule has 0 bridgehead atoms. The minimum atomic E-state index is -0.239. The SMILES string of the molecule is Cc1ncc(CNCC[C@]2(c3ccccn3)CCOC3(CCCC3)C2)cc1F. The second kappa shape index (κ2) is 8.26. The van der Waals surface area contributed by atoms with Crippen molar-refractivity contribution in [3.63, 3.8) is 0 Å². The Morgan fingerprint density at radius 3 is 2.79 bits per heavy atom. The van der Waals surface area contributed by atoms with Gasteiger partial charge in [-0.25, -0.2) is 4.39 Å². The first-order chi connectivity index (χ1) is 13.6. The Hall–Kier alpha value is -1.85. The number of pyridine rings is 2. The lowest BCUT2D eigenvalue weighted by Gasteiger charge is -2.46. The molecule has 2 aliphatic rings. The van der Waals surface area contributed by atoms with Gasteiger partial charge in [0.1, 0.15) is 5.82 Å². The van der Waals surface area contributed by atoms with Crippen molar-refractivity contribution in [3.05, 3.63) is 59.4 Å². The molecule has 2 fully saturated rings. The Balaban J connectivity index is 1.45. The van der Waals surface area contributed by atoms with Gasteiger partial charge in [0.25, 0.3) is 0 Å². The second-order valence-corrected chi connectivity index (χ2v) is 8.50. The summed E-state index contributed by atoms with van der Waals surface area (Å²) in [5.74, 6) is -0.239. The zero-order valence-corrected chi connectivity index (χ0v) is 16.7. The van der Waals surface area contributed by atoms with Crippen molar-refractivity contribution in [2.24, 2.45) is 0 Å². The van der Waals surface area contributed by atoms with Crippen LogP contribution in [0.25, 0.3) is 0 Å². The predicted molar refractivity (Wildman–Crippen MR) is 108 cm³/mol. The predicted octanol–water partition coefficient (Wildman–Crippen LogP) is 4.47. The number of hydrogen-bond acceptors (Lipinski definition) is 4. The van der Waals surface area contributed by atoms with Gasteiger partial charge in [-0.05, 0) is 69.3 Å². The zero-order chi connectivity index (χ0) is 19.5. The Bertz CT molecular complexity index is 792. The summed E-state index contributed by atoms with van der Waals surface area (Å²) in [7, 11) is 0. The highest BCUT2D eigenvalue weighted by Gasteiger charge is 2.48. The Labute approximate surface area is 166 Å². The molecule has 1 spiro atoms. The summed E-state index contributed by atoms with van der Waals surface area (Å²) in [4.78, 5) is 8.86. The first kappa shape index (κ1) is 19.5. The van der Waals surface area contributed by atoms with E-state index in [9.17, 15) is 4.39 Å². The van der Waals surface area contributed by atoms with Crippen molar-refractivity contribution in [3.8, 4) is 0 Å². The highest BCUT2D eigenvalue weighted by Crippen LogP contribution is 2.49. The van der Waals surface area contributed by atoms with Gasteiger partial charge in [-0.3, -0.25) is 9.97 Å². The Kier molecular flexibility index (Phi) is 5.74. The summed E-state index contributed by atoms with van der Waals surface area (Å²) < 4.78 is 20.0. The van der Waals surface area contributed by atoms with Crippen molar-refractivity contribution in [2.75, 3.05) is 13.2 Å². The number of aromatic nitrogens is 2. The fourth-order valence-corrected chi connectivity index (χ4v) is 5.00. The number of hydrogen-bond donors (Lipinski definition) is 1. The van der Waals surface area contributed by atoms with Crippen LogP contribution in [-0.4, -0.2) is 28.7 Å². The standard InChI is InChI=1S/C23H30FN3O/c1-18-20(24)14-19(16-27-18)15-25-12-9-22(21-6-2-5-11-26-21)10-13-28-23(17-22)7-3-4-8-23/h2,5-6,11,14,16,25H,3-4,7-10,12-13,15,17H2,1H3/t22-/m0/s1. The van der Waals surface area contributed by atoms with Crippen LogP contribution in [0.5, 0.6) is 0 Å². The highest BCUT2D eigenvalue weighted by molar-refractivity contribution is 5.21. The van der Waals surface area contributed by atoms with E-state index in [2.05, 4.69) is 22.4 Å². The maximum atomic E-state index is 13.7. The van der Waals surface area contributed by atoms with Gasteiger partial charge in [-0.1, -0.05) is 18.9 Å². The van der Waals surface area contributed by atoms with Gasteiger partial charge < -0.3 is 10.1 Å². The van der Waals surface area contributed by atoms with Crippen LogP contribution in [0.15, 0.2) is 36.7 Å². The molecule has 1 saturated carbocycles. The first-order valence-electron chi connectivity index (χ1n) is 10.5. The van der Waals surface area contributed by atoms with E-state index in [4.69, 9.17) is 9.72 Å². The fourth-order valence-electron chi connectivity index (χ4n) is 5.00.